The molecule has 3 N–H and O–H groups in total. The molecule has 9 heteroatoms. The van der Waals surface area contributed by atoms with E-state index >= 15 is 0 Å². The molecule has 1 aromatic heterocycles. The number of carbonyl (C=O) groups excluding carboxylic acids is 3. The van der Waals surface area contributed by atoms with E-state index in [2.05, 4.69) is 15.6 Å². The Labute approximate surface area is 196 Å². The van der Waals surface area contributed by atoms with Crippen molar-refractivity contribution >= 4 is 18.3 Å². The lowest BCUT2D eigenvalue weighted by Crippen LogP contribution is -2.42. The predicted molar refractivity (Wildman–Crippen MR) is 124 cm³/mol. The summed E-state index contributed by atoms with van der Waals surface area (Å²) < 4.78 is 5.42. The number of nitrogens with zero attached hydrogens (tertiary/aromatic N) is 2. The molecule has 0 saturated heterocycles. The Balaban J connectivity index is 1.54. The smallest absolute Gasteiger partial charge is 0.321 e. The predicted octanol–water partition coefficient (Wildman–Crippen LogP) is 2.27. The van der Waals surface area contributed by atoms with Crippen LogP contribution in [0.5, 0.6) is 5.75 Å². The van der Waals surface area contributed by atoms with Gasteiger partial charge in [-0.05, 0) is 40.5 Å². The molecule has 0 saturated carbocycles. The van der Waals surface area contributed by atoms with Gasteiger partial charge in [-0.3, -0.25) is 19.9 Å². The summed E-state index contributed by atoms with van der Waals surface area (Å²) >= 11 is 0. The number of hydrogen-bond acceptors (Lipinski definition) is 6. The van der Waals surface area contributed by atoms with E-state index in [0.717, 1.165) is 22.3 Å². The highest BCUT2D eigenvalue weighted by Crippen LogP contribution is 2.29. The lowest BCUT2D eigenvalue weighted by Gasteiger charge is -2.25. The van der Waals surface area contributed by atoms with Crippen molar-refractivity contribution in [1.29, 1.82) is 0 Å². The Kier molecular flexibility index (Phi) is 7.14. The molecule has 3 aromatic rings. The highest BCUT2D eigenvalue weighted by Gasteiger charge is 2.30. The number of amides is 4. The summed E-state index contributed by atoms with van der Waals surface area (Å²) in [7, 11) is 0. The van der Waals surface area contributed by atoms with Gasteiger partial charge in [0.2, 0.25) is 6.41 Å². The number of urea groups is 1. The second kappa shape index (κ2) is 10.6. The molecule has 0 fully saturated rings. The molecule has 1 aliphatic rings. The Morgan fingerprint density at radius 1 is 1.18 bits per heavy atom. The number of carbonyl (C=O) groups is 3. The van der Waals surface area contributed by atoms with Crippen LogP contribution in [0.25, 0.3) is 11.1 Å². The van der Waals surface area contributed by atoms with E-state index in [-0.39, 0.29) is 25.7 Å². The highest BCUT2D eigenvalue weighted by atomic mass is 16.5. The summed E-state index contributed by atoms with van der Waals surface area (Å²) in [4.78, 5) is 41.7. The van der Waals surface area contributed by atoms with Crippen molar-refractivity contribution in [3.63, 3.8) is 0 Å². The molecule has 1 aliphatic heterocycles. The molecular formula is C25H24N4O5. The van der Waals surface area contributed by atoms with E-state index < -0.39 is 12.1 Å². The van der Waals surface area contributed by atoms with Crippen molar-refractivity contribution in [1.82, 2.24) is 20.5 Å². The molecule has 0 bridgehead atoms. The van der Waals surface area contributed by atoms with Crippen molar-refractivity contribution in [2.75, 3.05) is 19.8 Å². The zero-order valence-electron chi connectivity index (χ0n) is 18.3. The maximum atomic E-state index is 13.1. The van der Waals surface area contributed by atoms with Gasteiger partial charge in [0.25, 0.3) is 5.91 Å². The number of fused-ring (bicyclic) bond motifs is 1. The van der Waals surface area contributed by atoms with Crippen molar-refractivity contribution in [3.05, 3.63) is 83.7 Å². The van der Waals surface area contributed by atoms with E-state index in [0.29, 0.717) is 24.3 Å². The van der Waals surface area contributed by atoms with E-state index in [4.69, 9.17) is 9.84 Å². The van der Waals surface area contributed by atoms with Gasteiger partial charge in [-0.15, -0.1) is 0 Å². The van der Waals surface area contributed by atoms with Crippen LogP contribution in [0.4, 0.5) is 4.79 Å². The lowest BCUT2D eigenvalue weighted by molar-refractivity contribution is -0.108. The first-order chi connectivity index (χ1) is 16.6. The minimum absolute atomic E-state index is 0.118. The molecular weight excluding hydrogens is 436 g/mol. The number of nitrogens with one attached hydrogen (secondary N) is 2. The monoisotopic (exact) mass is 460 g/mol. The standard InChI is InChI=1S/C25H24N4O5/c30-10-11-34-21-8-7-20-14-29(24(32)22(20)12-21)15-23(28-25(33)27-16-31)18-5-3-17(4-6-18)19-2-1-9-26-13-19/h1-9,12-13,16,23,30H,10-11,14-15H2,(H2,27,28,31,33)/t23-/m0/s1. The Hall–Kier alpha value is -4.24. The van der Waals surface area contributed by atoms with E-state index in [9.17, 15) is 14.4 Å². The molecule has 2 aromatic carbocycles. The average Bonchev–Trinajstić information content (AvgIpc) is 3.17. The van der Waals surface area contributed by atoms with Crippen LogP contribution in [0.1, 0.15) is 27.5 Å². The molecule has 34 heavy (non-hydrogen) atoms. The summed E-state index contributed by atoms with van der Waals surface area (Å²) in [5.41, 5.74) is 4.09. The largest absolute Gasteiger partial charge is 0.491 e. The first kappa shape index (κ1) is 22.9. The van der Waals surface area contributed by atoms with Gasteiger partial charge >= 0.3 is 6.03 Å². The fourth-order valence-electron chi connectivity index (χ4n) is 3.89. The van der Waals surface area contributed by atoms with Gasteiger partial charge in [-0.2, -0.15) is 0 Å². The number of benzene rings is 2. The maximum Gasteiger partial charge on any atom is 0.321 e. The number of hydrogen-bond donors (Lipinski definition) is 3. The number of aromatic nitrogens is 1. The first-order valence-corrected chi connectivity index (χ1v) is 10.8. The number of aliphatic hydroxyl groups excluding tert-OH is 1. The lowest BCUT2D eigenvalue weighted by atomic mass is 10.0. The van der Waals surface area contributed by atoms with Gasteiger partial charge in [0, 0.05) is 31.0 Å². The fraction of sp³-hybridized carbons (Fsp3) is 0.200. The first-order valence-electron chi connectivity index (χ1n) is 10.8. The number of aliphatic hydroxyl groups is 1. The molecule has 0 spiro atoms. The van der Waals surface area contributed by atoms with Gasteiger partial charge in [-0.1, -0.05) is 36.4 Å². The van der Waals surface area contributed by atoms with E-state index in [1.165, 1.54) is 0 Å². The van der Waals surface area contributed by atoms with Gasteiger partial charge < -0.3 is 20.1 Å². The second-order valence-electron chi connectivity index (χ2n) is 7.73. The van der Waals surface area contributed by atoms with Crippen LogP contribution in [0.2, 0.25) is 0 Å². The van der Waals surface area contributed by atoms with Crippen LogP contribution in [-0.2, 0) is 11.3 Å². The van der Waals surface area contributed by atoms with Gasteiger partial charge in [0.1, 0.15) is 12.4 Å². The summed E-state index contributed by atoms with van der Waals surface area (Å²) in [5, 5.41) is 13.8. The normalized spacial score (nSPS) is 13.2. The van der Waals surface area contributed by atoms with Gasteiger partial charge in [-0.25, -0.2) is 4.79 Å². The molecule has 0 radical (unpaired) electrons. The molecule has 174 valence electrons. The molecule has 2 heterocycles. The van der Waals surface area contributed by atoms with E-state index in [1.807, 2.05) is 42.5 Å². The summed E-state index contributed by atoms with van der Waals surface area (Å²) in [6.45, 7) is 0.616. The van der Waals surface area contributed by atoms with Gasteiger partial charge in [0.15, 0.2) is 0 Å². The SMILES string of the molecule is O=CNC(=O)N[C@@H](CN1Cc2ccc(OCCO)cc2C1=O)c1ccc(-c2cccnc2)cc1. The number of pyridine rings is 1. The average molecular weight is 460 g/mol. The van der Waals surface area contributed by atoms with Crippen LogP contribution in [0.15, 0.2) is 67.0 Å². The van der Waals surface area contributed by atoms with Crippen molar-refractivity contribution in [2.24, 2.45) is 0 Å². The number of rotatable bonds is 9. The zero-order chi connectivity index (χ0) is 23.9. The molecule has 0 unspecified atom stereocenters. The minimum Gasteiger partial charge on any atom is -0.491 e. The number of imide groups is 1. The van der Waals surface area contributed by atoms with Gasteiger partial charge in [0.05, 0.1) is 12.6 Å². The fourth-order valence-corrected chi connectivity index (χ4v) is 3.89. The third-order valence-corrected chi connectivity index (χ3v) is 5.53. The van der Waals surface area contributed by atoms with Crippen molar-refractivity contribution < 1.29 is 24.2 Å². The quantitative estimate of drug-likeness (QED) is 0.421. The third-order valence-electron chi connectivity index (χ3n) is 5.53. The topological polar surface area (TPSA) is 121 Å². The molecule has 4 amide bonds. The Morgan fingerprint density at radius 2 is 2.00 bits per heavy atom. The van der Waals surface area contributed by atoms with Crippen molar-refractivity contribution in [3.8, 4) is 16.9 Å². The molecule has 1 atom stereocenters. The molecule has 0 aliphatic carbocycles. The van der Waals surface area contributed by atoms with Crippen LogP contribution in [-0.4, -0.2) is 53.1 Å². The third kappa shape index (κ3) is 5.21. The zero-order valence-corrected chi connectivity index (χ0v) is 18.3. The summed E-state index contributed by atoms with van der Waals surface area (Å²) in [6.07, 6.45) is 3.78. The second-order valence-corrected chi connectivity index (χ2v) is 7.73. The Bertz CT molecular complexity index is 1170. The molecule has 4 rings (SSSR count). The summed E-state index contributed by atoms with van der Waals surface area (Å²) in [6, 6.07) is 15.4. The molecule has 9 nitrogen and oxygen atoms in total. The van der Waals surface area contributed by atoms with Crippen LogP contribution in [0, 0.1) is 0 Å². The highest BCUT2D eigenvalue weighted by molar-refractivity contribution is 5.98. The van der Waals surface area contributed by atoms with E-state index in [1.54, 1.807) is 29.4 Å². The number of ether oxygens (including phenoxy) is 1. The minimum atomic E-state index is -0.653. The Morgan fingerprint density at radius 3 is 2.71 bits per heavy atom. The van der Waals surface area contributed by atoms with Crippen LogP contribution >= 0.6 is 0 Å². The summed E-state index contributed by atoms with van der Waals surface area (Å²) in [5.74, 6) is 0.327. The maximum absolute atomic E-state index is 13.1. The van der Waals surface area contributed by atoms with Crippen LogP contribution in [0.3, 0.4) is 0 Å². The van der Waals surface area contributed by atoms with Crippen molar-refractivity contribution in [2.45, 2.75) is 12.6 Å². The van der Waals surface area contributed by atoms with Crippen LogP contribution < -0.4 is 15.4 Å².